The number of anilines is 3. The Bertz CT molecular complexity index is 710. The first kappa shape index (κ1) is 14.3. The van der Waals surface area contributed by atoms with Crippen LogP contribution in [0.25, 0.3) is 0 Å². The van der Waals surface area contributed by atoms with Crippen LogP contribution in [0.15, 0.2) is 24.7 Å². The summed E-state index contributed by atoms with van der Waals surface area (Å²) in [5.41, 5.74) is 7.65. The molecule has 2 aliphatic heterocycles. The largest absolute Gasteiger partial charge is 0.505 e. The molecule has 2 saturated heterocycles. The summed E-state index contributed by atoms with van der Waals surface area (Å²) >= 11 is 6.02. The SMILES string of the molecule is Nc1cnc(Cl)cc1N1CC2CCC(C1)N2c1ncc(O)cn1. The van der Waals surface area contributed by atoms with Crippen molar-refractivity contribution in [1.29, 1.82) is 0 Å². The monoisotopic (exact) mass is 332 g/mol. The van der Waals surface area contributed by atoms with Gasteiger partial charge in [0, 0.05) is 31.2 Å². The van der Waals surface area contributed by atoms with Gasteiger partial charge in [0.2, 0.25) is 5.95 Å². The molecule has 4 heterocycles. The molecule has 0 aromatic carbocycles. The van der Waals surface area contributed by atoms with Crippen molar-refractivity contribution in [2.45, 2.75) is 24.9 Å². The van der Waals surface area contributed by atoms with Gasteiger partial charge in [-0.1, -0.05) is 11.6 Å². The van der Waals surface area contributed by atoms with Gasteiger partial charge in [0.1, 0.15) is 5.15 Å². The van der Waals surface area contributed by atoms with E-state index in [9.17, 15) is 5.11 Å². The second-order valence-corrected chi connectivity index (χ2v) is 6.39. The highest BCUT2D eigenvalue weighted by Crippen LogP contribution is 2.36. The van der Waals surface area contributed by atoms with E-state index in [0.717, 1.165) is 31.6 Å². The number of halogens is 1. The molecule has 0 amide bonds. The number of nitrogens with two attached hydrogens (primary N) is 1. The molecule has 0 spiro atoms. The van der Waals surface area contributed by atoms with Crippen LogP contribution in [0.1, 0.15) is 12.8 Å². The molecule has 2 fully saturated rings. The second kappa shape index (κ2) is 5.42. The van der Waals surface area contributed by atoms with E-state index in [4.69, 9.17) is 17.3 Å². The Labute approximate surface area is 138 Å². The minimum atomic E-state index is 0.0823. The number of nitrogen functional groups attached to an aromatic ring is 1. The molecule has 3 N–H and O–H groups in total. The summed E-state index contributed by atoms with van der Waals surface area (Å²) in [5.74, 6) is 0.759. The Kier molecular flexibility index (Phi) is 3.37. The van der Waals surface area contributed by atoms with Gasteiger partial charge < -0.3 is 20.6 Å². The fraction of sp³-hybridized carbons (Fsp3) is 0.400. The van der Waals surface area contributed by atoms with Crippen molar-refractivity contribution in [3.63, 3.8) is 0 Å². The summed E-state index contributed by atoms with van der Waals surface area (Å²) in [6.07, 6.45) is 6.66. The van der Waals surface area contributed by atoms with Crippen LogP contribution < -0.4 is 15.5 Å². The van der Waals surface area contributed by atoms with Gasteiger partial charge in [-0.25, -0.2) is 15.0 Å². The summed E-state index contributed by atoms with van der Waals surface area (Å²) in [4.78, 5) is 17.1. The summed E-state index contributed by atoms with van der Waals surface area (Å²) in [6, 6.07) is 2.47. The topological polar surface area (TPSA) is 91.4 Å². The van der Waals surface area contributed by atoms with Crippen LogP contribution in [0.5, 0.6) is 5.75 Å². The lowest BCUT2D eigenvalue weighted by Crippen LogP contribution is -2.54. The Hall–Kier alpha value is -2.28. The molecule has 0 saturated carbocycles. The summed E-state index contributed by atoms with van der Waals surface area (Å²) < 4.78 is 0. The molecular weight excluding hydrogens is 316 g/mol. The molecule has 2 aromatic rings. The number of nitrogens with zero attached hydrogens (tertiary/aromatic N) is 5. The number of aromatic hydroxyl groups is 1. The van der Waals surface area contributed by atoms with Crippen molar-refractivity contribution in [1.82, 2.24) is 15.0 Å². The normalized spacial score (nSPS) is 23.3. The minimum Gasteiger partial charge on any atom is -0.505 e. The van der Waals surface area contributed by atoms with E-state index < -0.39 is 0 Å². The zero-order chi connectivity index (χ0) is 16.0. The van der Waals surface area contributed by atoms with Crippen LogP contribution in [0.4, 0.5) is 17.3 Å². The van der Waals surface area contributed by atoms with Crippen molar-refractivity contribution in [3.8, 4) is 5.75 Å². The predicted octanol–water partition coefficient (Wildman–Crippen LogP) is 1.67. The second-order valence-electron chi connectivity index (χ2n) is 6.00. The predicted molar refractivity (Wildman–Crippen MR) is 88.9 cm³/mol. The highest BCUT2D eigenvalue weighted by Gasteiger charge is 2.41. The number of fused-ring (bicyclic) bond motifs is 2. The van der Waals surface area contributed by atoms with Gasteiger partial charge in [-0.3, -0.25) is 0 Å². The zero-order valence-corrected chi connectivity index (χ0v) is 13.2. The molecule has 4 rings (SSSR count). The van der Waals surface area contributed by atoms with Gasteiger partial charge in [-0.15, -0.1) is 0 Å². The lowest BCUT2D eigenvalue weighted by molar-refractivity contribution is 0.467. The van der Waals surface area contributed by atoms with Crippen molar-refractivity contribution >= 4 is 28.9 Å². The molecule has 2 atom stereocenters. The van der Waals surface area contributed by atoms with Crippen molar-refractivity contribution in [3.05, 3.63) is 29.8 Å². The fourth-order valence-electron chi connectivity index (χ4n) is 3.58. The molecule has 2 unspecified atom stereocenters. The fourth-order valence-corrected chi connectivity index (χ4v) is 3.73. The van der Waals surface area contributed by atoms with Gasteiger partial charge in [0.25, 0.3) is 0 Å². The highest BCUT2D eigenvalue weighted by atomic mass is 35.5. The minimum absolute atomic E-state index is 0.0823. The molecule has 2 aliphatic rings. The number of rotatable bonds is 2. The van der Waals surface area contributed by atoms with Crippen LogP contribution in [-0.2, 0) is 0 Å². The van der Waals surface area contributed by atoms with Crippen LogP contribution in [0.2, 0.25) is 5.15 Å². The molecule has 2 bridgehead atoms. The maximum Gasteiger partial charge on any atom is 0.226 e. The molecular formula is C15H17ClN6O. The number of pyridine rings is 1. The van der Waals surface area contributed by atoms with Gasteiger partial charge >= 0.3 is 0 Å². The summed E-state index contributed by atoms with van der Waals surface area (Å²) in [7, 11) is 0. The Balaban J connectivity index is 1.60. The first-order valence-corrected chi connectivity index (χ1v) is 7.95. The molecule has 8 heteroatoms. The summed E-state index contributed by atoms with van der Waals surface area (Å²) in [6.45, 7) is 1.68. The van der Waals surface area contributed by atoms with Crippen LogP contribution in [0, 0.1) is 0 Å². The Morgan fingerprint density at radius 1 is 1.09 bits per heavy atom. The Morgan fingerprint density at radius 3 is 2.39 bits per heavy atom. The van der Waals surface area contributed by atoms with Crippen molar-refractivity contribution < 1.29 is 5.11 Å². The van der Waals surface area contributed by atoms with Crippen LogP contribution in [-0.4, -0.2) is 45.2 Å². The third-order valence-corrected chi connectivity index (χ3v) is 4.76. The van der Waals surface area contributed by atoms with E-state index in [1.807, 2.05) is 6.07 Å². The van der Waals surface area contributed by atoms with Crippen molar-refractivity contribution in [2.24, 2.45) is 0 Å². The number of piperazine rings is 1. The van der Waals surface area contributed by atoms with Crippen LogP contribution >= 0.6 is 11.6 Å². The molecule has 0 aliphatic carbocycles. The van der Waals surface area contributed by atoms with E-state index in [1.54, 1.807) is 6.20 Å². The molecule has 23 heavy (non-hydrogen) atoms. The number of hydrogen-bond donors (Lipinski definition) is 2. The maximum absolute atomic E-state index is 9.37. The third-order valence-electron chi connectivity index (χ3n) is 4.56. The van der Waals surface area contributed by atoms with E-state index in [0.29, 0.717) is 28.9 Å². The average Bonchev–Trinajstić information content (AvgIpc) is 2.80. The third kappa shape index (κ3) is 2.50. The summed E-state index contributed by atoms with van der Waals surface area (Å²) in [5, 5.41) is 9.82. The number of hydrogen-bond acceptors (Lipinski definition) is 7. The van der Waals surface area contributed by atoms with Crippen LogP contribution in [0.3, 0.4) is 0 Å². The van der Waals surface area contributed by atoms with Crippen molar-refractivity contribution in [2.75, 3.05) is 28.6 Å². The zero-order valence-electron chi connectivity index (χ0n) is 12.4. The average molecular weight is 333 g/mol. The van der Waals surface area contributed by atoms with Gasteiger partial charge in [-0.05, 0) is 12.8 Å². The van der Waals surface area contributed by atoms with Gasteiger partial charge in [0.15, 0.2) is 5.75 Å². The van der Waals surface area contributed by atoms with E-state index >= 15 is 0 Å². The smallest absolute Gasteiger partial charge is 0.226 e. The Morgan fingerprint density at radius 2 is 1.74 bits per heavy atom. The van der Waals surface area contributed by atoms with E-state index in [1.165, 1.54) is 12.4 Å². The number of aromatic nitrogens is 3. The first-order valence-electron chi connectivity index (χ1n) is 7.57. The first-order chi connectivity index (χ1) is 11.1. The molecule has 0 radical (unpaired) electrons. The molecule has 2 aromatic heterocycles. The standard InChI is InChI=1S/C15H17ClN6O/c16-14-3-13(12(17)6-18-14)21-7-9-1-2-10(8-21)22(9)15-19-4-11(23)5-20-15/h3-6,9-10,23H,1-2,7-8,17H2. The van der Waals surface area contributed by atoms with E-state index in [-0.39, 0.29) is 5.75 Å². The highest BCUT2D eigenvalue weighted by molar-refractivity contribution is 6.29. The lowest BCUT2D eigenvalue weighted by Gasteiger charge is -2.42. The van der Waals surface area contributed by atoms with E-state index in [2.05, 4.69) is 24.8 Å². The lowest BCUT2D eigenvalue weighted by atomic mass is 10.1. The van der Waals surface area contributed by atoms with Gasteiger partial charge in [-0.2, -0.15) is 0 Å². The maximum atomic E-state index is 9.37. The van der Waals surface area contributed by atoms with Gasteiger partial charge in [0.05, 0.1) is 30.0 Å². The molecule has 7 nitrogen and oxygen atoms in total. The molecule has 120 valence electrons. The quantitative estimate of drug-likeness (QED) is 0.808.